The summed E-state index contributed by atoms with van der Waals surface area (Å²) in [6, 6.07) is 6.20. The van der Waals surface area contributed by atoms with Gasteiger partial charge in [-0.2, -0.15) is 0 Å². The Labute approximate surface area is 104 Å². The molecule has 0 amide bonds. The van der Waals surface area contributed by atoms with Crippen molar-refractivity contribution in [1.29, 1.82) is 0 Å². The van der Waals surface area contributed by atoms with E-state index in [0.29, 0.717) is 0 Å². The largest absolute Gasteiger partial charge is 0.492 e. The number of aromatic nitrogens is 2. The summed E-state index contributed by atoms with van der Waals surface area (Å²) >= 11 is 1.56. The van der Waals surface area contributed by atoms with Gasteiger partial charge in [0.05, 0.1) is 12.2 Å². The van der Waals surface area contributed by atoms with E-state index in [0.717, 1.165) is 41.0 Å². The van der Waals surface area contributed by atoms with Gasteiger partial charge in [-0.1, -0.05) is 23.5 Å². The number of para-hydroxylation sites is 1. The standard InChI is InChI=1S/C12H13N3OS/c1-2-13-12-15-14-11(17-12)9-5-3-4-8-6-7-16-10(8)9/h3-5H,2,6-7H2,1H3,(H,13,15). The van der Waals surface area contributed by atoms with Crippen LogP contribution in [0.2, 0.25) is 0 Å². The number of fused-ring (bicyclic) bond motifs is 1. The Bertz CT molecular complexity index is 538. The van der Waals surface area contributed by atoms with Gasteiger partial charge >= 0.3 is 0 Å². The van der Waals surface area contributed by atoms with Crippen LogP contribution >= 0.6 is 11.3 Å². The highest BCUT2D eigenvalue weighted by molar-refractivity contribution is 7.18. The minimum absolute atomic E-state index is 0.769. The van der Waals surface area contributed by atoms with Crippen LogP contribution in [0.15, 0.2) is 18.2 Å². The highest BCUT2D eigenvalue weighted by Crippen LogP contribution is 2.38. The fraction of sp³-hybridized carbons (Fsp3) is 0.333. The van der Waals surface area contributed by atoms with Crippen molar-refractivity contribution in [2.24, 2.45) is 0 Å². The van der Waals surface area contributed by atoms with Gasteiger partial charge in [0, 0.05) is 13.0 Å². The average Bonchev–Trinajstić information content (AvgIpc) is 2.96. The van der Waals surface area contributed by atoms with Crippen molar-refractivity contribution in [1.82, 2.24) is 10.2 Å². The van der Waals surface area contributed by atoms with Gasteiger partial charge in [0.2, 0.25) is 5.13 Å². The quantitative estimate of drug-likeness (QED) is 0.905. The lowest BCUT2D eigenvalue weighted by Gasteiger charge is -2.03. The van der Waals surface area contributed by atoms with Gasteiger partial charge in [0.1, 0.15) is 5.75 Å². The second-order valence-electron chi connectivity index (χ2n) is 3.83. The van der Waals surface area contributed by atoms with E-state index in [1.54, 1.807) is 11.3 Å². The lowest BCUT2D eigenvalue weighted by Crippen LogP contribution is -1.94. The fourth-order valence-electron chi connectivity index (χ4n) is 1.94. The molecule has 0 fully saturated rings. The molecule has 0 radical (unpaired) electrons. The first-order valence-electron chi connectivity index (χ1n) is 5.71. The maximum absolute atomic E-state index is 5.67. The molecule has 0 aliphatic carbocycles. The van der Waals surface area contributed by atoms with E-state index in [2.05, 4.69) is 27.6 Å². The van der Waals surface area contributed by atoms with Crippen LogP contribution in [0, 0.1) is 0 Å². The molecule has 1 aromatic heterocycles. The molecule has 5 heteroatoms. The highest BCUT2D eigenvalue weighted by atomic mass is 32.1. The molecule has 4 nitrogen and oxygen atoms in total. The van der Waals surface area contributed by atoms with Crippen molar-refractivity contribution < 1.29 is 4.74 Å². The number of ether oxygens (including phenoxy) is 1. The SMILES string of the molecule is CCNc1nnc(-c2cccc3c2OCC3)s1. The minimum atomic E-state index is 0.769. The Morgan fingerprint density at radius 2 is 2.35 bits per heavy atom. The van der Waals surface area contributed by atoms with Crippen LogP contribution in [-0.4, -0.2) is 23.3 Å². The zero-order valence-corrected chi connectivity index (χ0v) is 10.4. The van der Waals surface area contributed by atoms with Gasteiger partial charge in [0.15, 0.2) is 5.01 Å². The molecule has 1 N–H and O–H groups in total. The van der Waals surface area contributed by atoms with Gasteiger partial charge in [0.25, 0.3) is 0 Å². The first-order valence-corrected chi connectivity index (χ1v) is 6.52. The summed E-state index contributed by atoms with van der Waals surface area (Å²) in [7, 11) is 0. The number of hydrogen-bond donors (Lipinski definition) is 1. The van der Waals surface area contributed by atoms with E-state index in [-0.39, 0.29) is 0 Å². The molecule has 3 rings (SSSR count). The fourth-order valence-corrected chi connectivity index (χ4v) is 2.77. The third-order valence-corrected chi connectivity index (χ3v) is 3.61. The number of rotatable bonds is 3. The molecule has 17 heavy (non-hydrogen) atoms. The zero-order valence-electron chi connectivity index (χ0n) is 9.56. The van der Waals surface area contributed by atoms with Crippen molar-refractivity contribution in [2.75, 3.05) is 18.5 Å². The molecule has 0 saturated carbocycles. The lowest BCUT2D eigenvalue weighted by molar-refractivity contribution is 0.358. The molecule has 0 saturated heterocycles. The van der Waals surface area contributed by atoms with Crippen LogP contribution in [0.1, 0.15) is 12.5 Å². The molecular formula is C12H13N3OS. The van der Waals surface area contributed by atoms with Gasteiger partial charge in [-0.3, -0.25) is 0 Å². The second kappa shape index (κ2) is 4.33. The predicted molar refractivity (Wildman–Crippen MR) is 68.7 cm³/mol. The van der Waals surface area contributed by atoms with Crippen LogP contribution in [0.3, 0.4) is 0 Å². The Morgan fingerprint density at radius 3 is 3.24 bits per heavy atom. The zero-order chi connectivity index (χ0) is 11.7. The molecule has 2 heterocycles. The van der Waals surface area contributed by atoms with Crippen LogP contribution in [-0.2, 0) is 6.42 Å². The molecule has 0 unspecified atom stereocenters. The van der Waals surface area contributed by atoms with E-state index >= 15 is 0 Å². The summed E-state index contributed by atoms with van der Waals surface area (Å²) < 4.78 is 5.67. The minimum Gasteiger partial charge on any atom is -0.492 e. The summed E-state index contributed by atoms with van der Waals surface area (Å²) in [6.45, 7) is 3.67. The molecule has 1 aliphatic rings. The molecule has 1 aromatic carbocycles. The van der Waals surface area contributed by atoms with Gasteiger partial charge in [-0.25, -0.2) is 0 Å². The highest BCUT2D eigenvalue weighted by Gasteiger charge is 2.19. The summed E-state index contributed by atoms with van der Waals surface area (Å²) in [5, 5.41) is 13.3. The summed E-state index contributed by atoms with van der Waals surface area (Å²) in [5.41, 5.74) is 2.32. The molecule has 1 aliphatic heterocycles. The van der Waals surface area contributed by atoms with Crippen LogP contribution in [0.4, 0.5) is 5.13 Å². The third kappa shape index (κ3) is 1.86. The molecule has 0 atom stereocenters. The van der Waals surface area contributed by atoms with Crippen LogP contribution < -0.4 is 10.1 Å². The van der Waals surface area contributed by atoms with Gasteiger partial charge in [-0.15, -0.1) is 10.2 Å². The van der Waals surface area contributed by atoms with E-state index in [4.69, 9.17) is 4.74 Å². The second-order valence-corrected chi connectivity index (χ2v) is 4.81. The first-order chi connectivity index (χ1) is 8.38. The Hall–Kier alpha value is -1.62. The van der Waals surface area contributed by atoms with Crippen molar-refractivity contribution in [2.45, 2.75) is 13.3 Å². The number of nitrogens with one attached hydrogen (secondary N) is 1. The molecule has 0 bridgehead atoms. The Morgan fingerprint density at radius 1 is 1.41 bits per heavy atom. The average molecular weight is 247 g/mol. The number of hydrogen-bond acceptors (Lipinski definition) is 5. The first kappa shape index (κ1) is 10.5. The van der Waals surface area contributed by atoms with Gasteiger partial charge < -0.3 is 10.1 Å². The predicted octanol–water partition coefficient (Wildman–Crippen LogP) is 2.57. The monoisotopic (exact) mass is 247 g/mol. The smallest absolute Gasteiger partial charge is 0.205 e. The molecular weight excluding hydrogens is 234 g/mol. The topological polar surface area (TPSA) is 47.0 Å². The van der Waals surface area contributed by atoms with E-state index in [9.17, 15) is 0 Å². The maximum atomic E-state index is 5.67. The normalized spacial score (nSPS) is 13.2. The molecule has 2 aromatic rings. The maximum Gasteiger partial charge on any atom is 0.205 e. The number of benzene rings is 1. The van der Waals surface area contributed by atoms with Crippen molar-refractivity contribution >= 4 is 16.5 Å². The van der Waals surface area contributed by atoms with Crippen molar-refractivity contribution in [3.8, 4) is 16.3 Å². The third-order valence-electron chi connectivity index (χ3n) is 2.70. The van der Waals surface area contributed by atoms with Crippen molar-refractivity contribution in [3.63, 3.8) is 0 Å². The van der Waals surface area contributed by atoms with Crippen LogP contribution in [0.5, 0.6) is 5.75 Å². The molecule has 88 valence electrons. The summed E-state index contributed by atoms with van der Waals surface area (Å²) in [4.78, 5) is 0. The Kier molecular flexibility index (Phi) is 2.68. The van der Waals surface area contributed by atoms with E-state index in [1.807, 2.05) is 13.0 Å². The summed E-state index contributed by atoms with van der Waals surface area (Å²) in [6.07, 6.45) is 0.988. The molecule has 0 spiro atoms. The van der Waals surface area contributed by atoms with Crippen molar-refractivity contribution in [3.05, 3.63) is 23.8 Å². The van der Waals surface area contributed by atoms with E-state index in [1.165, 1.54) is 5.56 Å². The number of nitrogens with zero attached hydrogens (tertiary/aromatic N) is 2. The van der Waals surface area contributed by atoms with Gasteiger partial charge in [-0.05, 0) is 18.6 Å². The number of anilines is 1. The van der Waals surface area contributed by atoms with Crippen LogP contribution in [0.25, 0.3) is 10.6 Å². The summed E-state index contributed by atoms with van der Waals surface area (Å²) in [5.74, 6) is 0.978. The lowest BCUT2D eigenvalue weighted by atomic mass is 10.1. The van der Waals surface area contributed by atoms with E-state index < -0.39 is 0 Å². The Balaban J connectivity index is 2.00.